The predicted molar refractivity (Wildman–Crippen MR) is 121 cm³/mol. The number of carbonyl (C=O) groups is 1. The van der Waals surface area contributed by atoms with Gasteiger partial charge in [-0.05, 0) is 54.1 Å². The van der Waals surface area contributed by atoms with Crippen LogP contribution in [0.15, 0.2) is 96.9 Å². The number of rotatable bonds is 6. The molecule has 0 aliphatic carbocycles. The number of alkyl halides is 3. The van der Waals surface area contributed by atoms with E-state index in [1.165, 1.54) is 30.5 Å². The molecule has 180 valence electrons. The van der Waals surface area contributed by atoms with E-state index in [-0.39, 0.29) is 16.8 Å². The maximum absolute atomic E-state index is 14.6. The number of para-hydroxylation sites is 1. The summed E-state index contributed by atoms with van der Waals surface area (Å²) in [5.74, 6) is -0.594. The minimum atomic E-state index is -4.52. The second-order valence-electron chi connectivity index (χ2n) is 7.83. The van der Waals surface area contributed by atoms with Crippen molar-refractivity contribution in [1.29, 1.82) is 0 Å². The van der Waals surface area contributed by atoms with Gasteiger partial charge in [0.1, 0.15) is 17.3 Å². The lowest BCUT2D eigenvalue weighted by molar-refractivity contribution is -0.137. The Balaban J connectivity index is 1.56. The number of aromatic nitrogens is 1. The van der Waals surface area contributed by atoms with Gasteiger partial charge in [-0.25, -0.2) is 4.39 Å². The number of benzene rings is 2. The smallest absolute Gasteiger partial charge is 0.416 e. The number of carbonyl (C=O) groups excluding carboxylic acids is 1. The van der Waals surface area contributed by atoms with Crippen LogP contribution in [0, 0.1) is 5.82 Å². The van der Waals surface area contributed by atoms with Crippen molar-refractivity contribution < 1.29 is 27.1 Å². The van der Waals surface area contributed by atoms with E-state index >= 15 is 0 Å². The zero-order chi connectivity index (χ0) is 25.0. The van der Waals surface area contributed by atoms with Gasteiger partial charge in [-0.3, -0.25) is 9.78 Å². The second kappa shape index (κ2) is 10.0. The Hall–Kier alpha value is -4.14. The van der Waals surface area contributed by atoms with Gasteiger partial charge in [-0.15, -0.1) is 0 Å². The molecule has 0 saturated heterocycles. The van der Waals surface area contributed by atoms with Crippen LogP contribution >= 0.6 is 0 Å². The Kier molecular flexibility index (Phi) is 6.86. The van der Waals surface area contributed by atoms with E-state index < -0.39 is 35.7 Å². The normalized spacial score (nSPS) is 16.4. The van der Waals surface area contributed by atoms with E-state index in [0.29, 0.717) is 5.75 Å². The zero-order valence-electron chi connectivity index (χ0n) is 18.5. The highest BCUT2D eigenvalue weighted by molar-refractivity contribution is 5.96. The number of amides is 1. The number of hydrogen-bond acceptors (Lipinski definition) is 4. The van der Waals surface area contributed by atoms with Crippen LogP contribution in [-0.2, 0) is 11.0 Å². The first kappa shape index (κ1) is 24.0. The third-order valence-electron chi connectivity index (χ3n) is 5.35. The molecule has 35 heavy (non-hydrogen) atoms. The summed E-state index contributed by atoms with van der Waals surface area (Å²) in [6.07, 6.45) is 1.21. The minimum Gasteiger partial charge on any atom is -0.467 e. The van der Waals surface area contributed by atoms with Crippen molar-refractivity contribution in [2.45, 2.75) is 18.4 Å². The van der Waals surface area contributed by atoms with Gasteiger partial charge >= 0.3 is 6.18 Å². The summed E-state index contributed by atoms with van der Waals surface area (Å²) < 4.78 is 59.4. The fraction of sp³-hybridized carbons (Fsp3) is 0.154. The Morgan fingerprint density at radius 1 is 1.06 bits per heavy atom. The monoisotopic (exact) mass is 483 g/mol. The van der Waals surface area contributed by atoms with Crippen molar-refractivity contribution in [3.8, 4) is 5.75 Å². The van der Waals surface area contributed by atoms with E-state index in [0.717, 1.165) is 12.1 Å². The molecule has 0 saturated carbocycles. The highest BCUT2D eigenvalue weighted by atomic mass is 19.4. The Bertz CT molecular complexity index is 1240. The van der Waals surface area contributed by atoms with E-state index in [1.54, 1.807) is 30.3 Å². The first-order valence-electron chi connectivity index (χ1n) is 10.6. The predicted octanol–water partition coefficient (Wildman–Crippen LogP) is 5.24. The molecule has 2 atom stereocenters. The lowest BCUT2D eigenvalue weighted by Crippen LogP contribution is -2.37. The van der Waals surface area contributed by atoms with Gasteiger partial charge in [0.15, 0.2) is 6.23 Å². The van der Waals surface area contributed by atoms with E-state index in [9.17, 15) is 22.4 Å². The Labute approximate surface area is 199 Å². The first-order chi connectivity index (χ1) is 16.7. The Morgan fingerprint density at radius 3 is 2.40 bits per heavy atom. The molecule has 3 aromatic rings. The zero-order valence-corrected chi connectivity index (χ0v) is 18.5. The molecule has 4 rings (SSSR count). The molecule has 2 aromatic carbocycles. The van der Waals surface area contributed by atoms with E-state index in [4.69, 9.17) is 4.74 Å². The number of nitrogens with zero attached hydrogens (tertiary/aromatic N) is 2. The van der Waals surface area contributed by atoms with Gasteiger partial charge in [0, 0.05) is 19.4 Å². The summed E-state index contributed by atoms with van der Waals surface area (Å²) in [5.41, 5.74) is -0.451. The number of likely N-dealkylation sites (N-methyl/N-ethyl adjacent to an activating group) is 1. The second-order valence-corrected chi connectivity index (χ2v) is 7.83. The van der Waals surface area contributed by atoms with Crippen LogP contribution in [0.4, 0.5) is 17.6 Å². The molecule has 1 aromatic heterocycles. The molecule has 1 aliphatic heterocycles. The number of pyridine rings is 1. The molecule has 0 fully saturated rings. The fourth-order valence-electron chi connectivity index (χ4n) is 3.55. The standard InChI is InChI=1S/C26H21F4N3O2/c1-33-16-18(11-14-22(33)35-20-6-3-2-4-7-20)25(34)32-23(24-21(27)8-5-15-31-24)17-9-12-19(13-10-17)26(28,29)30/h2-16,22-23H,1H3,(H,32,34)/t22-,23?/m0/s1. The molecule has 1 amide bonds. The largest absolute Gasteiger partial charge is 0.467 e. The van der Waals surface area contributed by atoms with Crippen molar-refractivity contribution in [3.05, 3.63) is 119 Å². The quantitative estimate of drug-likeness (QED) is 0.488. The molecule has 0 radical (unpaired) electrons. The highest BCUT2D eigenvalue weighted by Gasteiger charge is 2.31. The topological polar surface area (TPSA) is 54.5 Å². The SMILES string of the molecule is CN1C=C(C(=O)NC(c2ccc(C(F)(F)F)cc2)c2ncccc2F)C=C[C@@H]1Oc1ccccc1. The third kappa shape index (κ3) is 5.68. The summed E-state index contributed by atoms with van der Waals surface area (Å²) >= 11 is 0. The average Bonchev–Trinajstić information content (AvgIpc) is 2.84. The van der Waals surface area contributed by atoms with E-state index in [2.05, 4.69) is 10.3 Å². The summed E-state index contributed by atoms with van der Waals surface area (Å²) in [7, 11) is 1.73. The molecule has 1 aliphatic rings. The van der Waals surface area contributed by atoms with Crippen LogP contribution in [0.3, 0.4) is 0 Å². The number of ether oxygens (including phenoxy) is 1. The molecule has 1 unspecified atom stereocenters. The van der Waals surface area contributed by atoms with Crippen LogP contribution in [-0.4, -0.2) is 29.1 Å². The molecule has 5 nitrogen and oxygen atoms in total. The van der Waals surface area contributed by atoms with Crippen molar-refractivity contribution in [2.75, 3.05) is 7.05 Å². The molecule has 9 heteroatoms. The lowest BCUT2D eigenvalue weighted by Gasteiger charge is -2.29. The van der Waals surface area contributed by atoms with Gasteiger partial charge in [-0.1, -0.05) is 30.3 Å². The summed E-state index contributed by atoms with van der Waals surface area (Å²) in [6, 6.07) is 14.8. The van der Waals surface area contributed by atoms with Crippen LogP contribution < -0.4 is 10.1 Å². The number of hydrogen-bond donors (Lipinski definition) is 1. The summed E-state index contributed by atoms with van der Waals surface area (Å²) in [5, 5.41) is 2.69. The van der Waals surface area contributed by atoms with Gasteiger partial charge in [-0.2, -0.15) is 13.2 Å². The fourth-order valence-corrected chi connectivity index (χ4v) is 3.55. The van der Waals surface area contributed by atoms with Crippen LogP contribution in [0.25, 0.3) is 0 Å². The van der Waals surface area contributed by atoms with Gasteiger partial charge < -0.3 is 15.0 Å². The molecule has 0 spiro atoms. The third-order valence-corrected chi connectivity index (χ3v) is 5.35. The summed E-state index contributed by atoms with van der Waals surface area (Å²) in [4.78, 5) is 18.8. The lowest BCUT2D eigenvalue weighted by atomic mass is 10.00. The average molecular weight is 483 g/mol. The van der Waals surface area contributed by atoms with E-state index in [1.807, 2.05) is 30.3 Å². The van der Waals surface area contributed by atoms with Crippen molar-refractivity contribution >= 4 is 5.91 Å². The maximum Gasteiger partial charge on any atom is 0.416 e. The van der Waals surface area contributed by atoms with Crippen LogP contribution in [0.1, 0.15) is 22.9 Å². The van der Waals surface area contributed by atoms with Gasteiger partial charge in [0.2, 0.25) is 0 Å². The van der Waals surface area contributed by atoms with Crippen molar-refractivity contribution in [3.63, 3.8) is 0 Å². The maximum atomic E-state index is 14.6. The highest BCUT2D eigenvalue weighted by Crippen LogP contribution is 2.31. The van der Waals surface area contributed by atoms with Crippen molar-refractivity contribution in [1.82, 2.24) is 15.2 Å². The van der Waals surface area contributed by atoms with Gasteiger partial charge in [0.25, 0.3) is 5.91 Å². The molecule has 0 bridgehead atoms. The first-order valence-corrected chi connectivity index (χ1v) is 10.6. The van der Waals surface area contributed by atoms with Gasteiger partial charge in [0.05, 0.1) is 17.2 Å². The minimum absolute atomic E-state index is 0.111. The van der Waals surface area contributed by atoms with Crippen LogP contribution in [0.2, 0.25) is 0 Å². The number of nitrogens with one attached hydrogen (secondary N) is 1. The molecule has 2 heterocycles. The number of halogens is 4. The Morgan fingerprint density at radius 2 is 1.77 bits per heavy atom. The summed E-state index contributed by atoms with van der Waals surface area (Å²) in [6.45, 7) is 0. The molecular weight excluding hydrogens is 462 g/mol. The molecular formula is C26H21F4N3O2. The van der Waals surface area contributed by atoms with Crippen molar-refractivity contribution in [2.24, 2.45) is 0 Å². The van der Waals surface area contributed by atoms with Crippen LogP contribution in [0.5, 0.6) is 5.75 Å². The molecule has 1 N–H and O–H groups in total.